The Morgan fingerprint density at radius 3 is 1.76 bits per heavy atom. The van der Waals surface area contributed by atoms with Gasteiger partial charge in [-0.15, -0.1) is 0 Å². The molecule has 5 N–H and O–H groups in total. The molecule has 0 saturated heterocycles. The Morgan fingerprint density at radius 2 is 1.24 bits per heavy atom. The van der Waals surface area contributed by atoms with Crippen LogP contribution in [0, 0.1) is 17.5 Å². The van der Waals surface area contributed by atoms with Crippen molar-refractivity contribution in [1.82, 2.24) is 0 Å². The summed E-state index contributed by atoms with van der Waals surface area (Å²) < 4.78 is 44.4. The lowest BCUT2D eigenvalue weighted by atomic mass is 9.81. The topological polar surface area (TPSA) is 127 Å². The minimum atomic E-state index is -2.06. The van der Waals surface area contributed by atoms with Crippen molar-refractivity contribution in [2.24, 2.45) is 0 Å². The highest BCUT2D eigenvalue weighted by Gasteiger charge is 2.42. The van der Waals surface area contributed by atoms with Gasteiger partial charge in [0.05, 0.1) is 46.7 Å². The van der Waals surface area contributed by atoms with Gasteiger partial charge in [-0.2, -0.15) is 0 Å². The van der Waals surface area contributed by atoms with Crippen LogP contribution in [0.25, 0.3) is 0 Å². The number of carbonyl (C=O) groups excluding carboxylic acids is 2. The molecule has 0 heterocycles. The zero-order chi connectivity index (χ0) is 30.8. The first kappa shape index (κ1) is 33.1. The zero-order valence-electron chi connectivity index (χ0n) is 23.9. The van der Waals surface area contributed by atoms with Gasteiger partial charge in [-0.3, -0.25) is 9.59 Å². The normalized spacial score (nSPS) is 14.2. The Kier molecular flexibility index (Phi) is 12.4. The molecule has 0 saturated carbocycles. The number of hydrogen-bond acceptors (Lipinski definition) is 7. The Hall–Kier alpha value is -3.37. The van der Waals surface area contributed by atoms with Crippen LogP contribution in [0.5, 0.6) is 11.5 Å². The van der Waals surface area contributed by atoms with Crippen molar-refractivity contribution < 1.29 is 43.2 Å². The van der Waals surface area contributed by atoms with Gasteiger partial charge in [0.15, 0.2) is 17.5 Å². The first-order chi connectivity index (χ1) is 20.1. The summed E-state index contributed by atoms with van der Waals surface area (Å²) in [5, 5.41) is 43.1. The first-order valence-corrected chi connectivity index (χ1v) is 14.7. The number of hydrogen-bond donors (Lipinski definition) is 5. The molecule has 10 heteroatoms. The molecule has 0 fully saturated rings. The number of aliphatic hydroxyl groups excluding tert-OH is 2. The summed E-state index contributed by atoms with van der Waals surface area (Å²) in [5.41, 5.74) is -4.44. The van der Waals surface area contributed by atoms with E-state index in [0.717, 1.165) is 31.4 Å². The Bertz CT molecular complexity index is 1300. The summed E-state index contributed by atoms with van der Waals surface area (Å²) in [7, 11) is 0. The third kappa shape index (κ3) is 7.52. The number of anilines is 1. The molecule has 0 bridgehead atoms. The highest BCUT2D eigenvalue weighted by molar-refractivity contribution is 6.32. The molecule has 230 valence electrons. The number of allylic oxidation sites excluding steroid dienone is 1. The van der Waals surface area contributed by atoms with Crippen molar-refractivity contribution in [3.8, 4) is 11.5 Å². The number of aromatic hydroxyl groups is 2. The van der Waals surface area contributed by atoms with Gasteiger partial charge in [0, 0.05) is 0 Å². The van der Waals surface area contributed by atoms with E-state index in [2.05, 4.69) is 12.2 Å². The average Bonchev–Trinajstić information content (AvgIpc) is 2.97. The fourth-order valence-electron chi connectivity index (χ4n) is 5.25. The molecular weight excluding hydrogens is 551 g/mol. The van der Waals surface area contributed by atoms with Crippen LogP contribution in [0.4, 0.5) is 18.9 Å². The zero-order valence-corrected chi connectivity index (χ0v) is 23.9. The molecule has 2 unspecified atom stereocenters. The number of phenols is 2. The predicted molar refractivity (Wildman–Crippen MR) is 154 cm³/mol. The highest BCUT2D eigenvalue weighted by atomic mass is 19.2. The molecule has 0 aromatic heterocycles. The van der Waals surface area contributed by atoms with Crippen LogP contribution in [0.3, 0.4) is 0 Å². The van der Waals surface area contributed by atoms with Crippen LogP contribution in [-0.2, 0) is 0 Å². The molecule has 1 aliphatic rings. The number of carbonyl (C=O) groups is 2. The van der Waals surface area contributed by atoms with Crippen molar-refractivity contribution in [3.63, 3.8) is 0 Å². The lowest BCUT2D eigenvalue weighted by Crippen LogP contribution is -2.37. The minimum Gasteiger partial charge on any atom is -0.507 e. The molecule has 42 heavy (non-hydrogen) atoms. The van der Waals surface area contributed by atoms with Crippen molar-refractivity contribution in [2.45, 2.75) is 96.1 Å². The van der Waals surface area contributed by atoms with E-state index in [1.54, 1.807) is 6.08 Å². The number of benzene rings is 2. The standard InChI is InChI=1S/C32H40F3NO6/c1-2-3-4-5-6-7-8-9-10-11-12-13-14-15-20(38)19(18-37)36-30-26-25(27(33)28(34)29(30)35)31(41)23-21(39)16-17-22(40)24(23)32(26)42/h14-17,19-20,36-40H,2-13,18H2,1H3. The van der Waals surface area contributed by atoms with E-state index < -0.39 is 87.2 Å². The molecule has 2 atom stereocenters. The summed E-state index contributed by atoms with van der Waals surface area (Å²) in [4.78, 5) is 26.3. The van der Waals surface area contributed by atoms with E-state index in [-0.39, 0.29) is 0 Å². The molecular formula is C32H40F3NO6. The lowest BCUT2D eigenvalue weighted by Gasteiger charge is -2.27. The molecule has 0 spiro atoms. The molecule has 2 aromatic carbocycles. The Morgan fingerprint density at radius 1 is 0.738 bits per heavy atom. The molecule has 1 aliphatic carbocycles. The molecule has 0 amide bonds. The number of nitrogens with one attached hydrogen (secondary N) is 1. The van der Waals surface area contributed by atoms with E-state index >= 15 is 4.39 Å². The summed E-state index contributed by atoms with van der Waals surface area (Å²) in [6.45, 7) is 1.41. The quantitative estimate of drug-likeness (QED) is 0.0513. The Balaban J connectivity index is 1.64. The van der Waals surface area contributed by atoms with Crippen LogP contribution in [0.15, 0.2) is 24.3 Å². The third-order valence-electron chi connectivity index (χ3n) is 7.64. The van der Waals surface area contributed by atoms with E-state index in [0.29, 0.717) is 6.42 Å². The largest absolute Gasteiger partial charge is 0.507 e. The second-order valence-corrected chi connectivity index (χ2v) is 10.8. The molecule has 7 nitrogen and oxygen atoms in total. The lowest BCUT2D eigenvalue weighted by molar-refractivity contribution is 0.0969. The fourth-order valence-corrected chi connectivity index (χ4v) is 5.25. The monoisotopic (exact) mass is 591 g/mol. The van der Waals surface area contributed by atoms with Gasteiger partial charge in [-0.25, -0.2) is 13.2 Å². The van der Waals surface area contributed by atoms with Crippen LogP contribution >= 0.6 is 0 Å². The number of ketones is 2. The van der Waals surface area contributed by atoms with Crippen LogP contribution < -0.4 is 5.32 Å². The number of phenolic OH excluding ortho intramolecular Hbond substituents is 2. The summed E-state index contributed by atoms with van der Waals surface area (Å²) >= 11 is 0. The minimum absolute atomic E-state index is 0.647. The molecule has 3 rings (SSSR count). The maximum atomic E-state index is 15.0. The van der Waals surface area contributed by atoms with Crippen LogP contribution in [0.2, 0.25) is 0 Å². The highest BCUT2D eigenvalue weighted by Crippen LogP contribution is 2.42. The van der Waals surface area contributed by atoms with E-state index in [4.69, 9.17) is 0 Å². The van der Waals surface area contributed by atoms with Crippen molar-refractivity contribution in [2.75, 3.05) is 11.9 Å². The van der Waals surface area contributed by atoms with Crippen molar-refractivity contribution in [1.29, 1.82) is 0 Å². The third-order valence-corrected chi connectivity index (χ3v) is 7.64. The first-order valence-electron chi connectivity index (χ1n) is 14.7. The number of fused-ring (bicyclic) bond motifs is 2. The molecule has 0 radical (unpaired) electrons. The summed E-state index contributed by atoms with van der Waals surface area (Å²) in [6, 6.07) is 0.473. The van der Waals surface area contributed by atoms with Gasteiger partial charge in [-0.1, -0.05) is 83.3 Å². The fraction of sp³-hybridized carbons (Fsp3) is 0.500. The van der Waals surface area contributed by atoms with Gasteiger partial charge >= 0.3 is 0 Å². The van der Waals surface area contributed by atoms with E-state index in [1.165, 1.54) is 57.4 Å². The SMILES string of the molecule is CCCCCCCCCCCCCC=CC(O)C(CO)Nc1c(F)c(F)c(F)c2c1C(=O)c1c(O)ccc(O)c1C2=O. The number of unbranched alkanes of at least 4 members (excludes halogenated alkanes) is 11. The van der Waals surface area contributed by atoms with Crippen LogP contribution in [0.1, 0.15) is 116 Å². The van der Waals surface area contributed by atoms with E-state index in [9.17, 15) is 38.8 Å². The van der Waals surface area contributed by atoms with Gasteiger partial charge < -0.3 is 25.7 Å². The maximum Gasteiger partial charge on any atom is 0.201 e. The Labute approximate surface area is 244 Å². The second kappa shape index (κ2) is 15.7. The maximum absolute atomic E-state index is 15.0. The van der Waals surface area contributed by atoms with Gasteiger partial charge in [0.2, 0.25) is 11.6 Å². The molecule has 2 aromatic rings. The average molecular weight is 592 g/mol. The summed E-state index contributed by atoms with van der Waals surface area (Å²) in [5.74, 6) is -9.89. The number of rotatable bonds is 17. The number of halogens is 3. The summed E-state index contributed by atoms with van der Waals surface area (Å²) in [6.07, 6.45) is 15.4. The second-order valence-electron chi connectivity index (χ2n) is 10.8. The van der Waals surface area contributed by atoms with E-state index in [1.807, 2.05) is 0 Å². The van der Waals surface area contributed by atoms with Crippen molar-refractivity contribution >= 4 is 17.3 Å². The molecule has 0 aliphatic heterocycles. The number of aliphatic hydroxyl groups is 2. The van der Waals surface area contributed by atoms with Crippen LogP contribution in [-0.4, -0.2) is 50.7 Å². The van der Waals surface area contributed by atoms with Gasteiger partial charge in [0.25, 0.3) is 0 Å². The smallest absolute Gasteiger partial charge is 0.201 e. The van der Waals surface area contributed by atoms with Crippen molar-refractivity contribution in [3.05, 3.63) is 64.0 Å². The van der Waals surface area contributed by atoms with Gasteiger partial charge in [-0.05, 0) is 25.0 Å². The van der Waals surface area contributed by atoms with Gasteiger partial charge in [0.1, 0.15) is 11.5 Å². The predicted octanol–water partition coefficient (Wildman–Crippen LogP) is 6.68.